The Morgan fingerprint density at radius 1 is 1.15 bits per heavy atom. The number of aliphatic carboxylic acids is 1. The fourth-order valence-electron chi connectivity index (χ4n) is 4.77. The van der Waals surface area contributed by atoms with E-state index in [1.807, 2.05) is 16.7 Å². The van der Waals surface area contributed by atoms with Crippen LogP contribution in [0.2, 0.25) is 0 Å². The molecule has 14 nitrogen and oxygen atoms in total. The van der Waals surface area contributed by atoms with E-state index in [9.17, 15) is 14.5 Å². The van der Waals surface area contributed by atoms with Gasteiger partial charge in [0.25, 0.3) is 0 Å². The predicted molar refractivity (Wildman–Crippen MR) is 150 cm³/mol. The number of anilines is 1. The van der Waals surface area contributed by atoms with Gasteiger partial charge in [0.15, 0.2) is 22.7 Å². The summed E-state index contributed by atoms with van der Waals surface area (Å²) in [4.78, 5) is 24.8. The van der Waals surface area contributed by atoms with E-state index in [0.29, 0.717) is 29.1 Å². The molecule has 0 fully saturated rings. The summed E-state index contributed by atoms with van der Waals surface area (Å²) in [5, 5.41) is 9.79. The van der Waals surface area contributed by atoms with Crippen LogP contribution in [0.3, 0.4) is 0 Å². The number of fused-ring (bicyclic) bond motifs is 1. The lowest BCUT2D eigenvalue weighted by Gasteiger charge is -2.35. The number of ether oxygens (including phenoxy) is 3. The Hall–Kier alpha value is -3.87. The van der Waals surface area contributed by atoms with Crippen LogP contribution in [-0.4, -0.2) is 75.3 Å². The Morgan fingerprint density at radius 3 is 2.51 bits per heavy atom. The highest BCUT2D eigenvalue weighted by Gasteiger charge is 2.44. The van der Waals surface area contributed by atoms with Crippen LogP contribution in [0.4, 0.5) is 5.95 Å². The number of aromatic nitrogens is 4. The average Bonchev–Trinajstić information content (AvgIpc) is 3.58. The number of hydrogen-bond acceptors (Lipinski definition) is 11. The molecule has 0 amide bonds. The second kappa shape index (κ2) is 12.3. The normalized spacial score (nSPS) is 18.9. The molecule has 41 heavy (non-hydrogen) atoms. The maximum atomic E-state index is 14.4. The third-order valence-electron chi connectivity index (χ3n) is 6.70. The number of methoxy groups -OCH3 is 3. The standard InChI is InChI=1S/C26H35N6O8P/c1-15(2)32(16(3)25(33)34)41(35,40-19-9-10-20(36-4)21(12-19)37-5)39-13-17-7-8-18(11-17)31-14-28-22-23(31)29-26(27)30-24(22)38-6/h7-10,12,14-18H,11,13H2,1-6H3,(H,33,34)(H2,27,29,30)/t16-,17+,18-,41?/m0/s1. The van der Waals surface area contributed by atoms with Crippen molar-refractivity contribution in [3.05, 3.63) is 36.7 Å². The zero-order valence-electron chi connectivity index (χ0n) is 23.8. The first-order valence-corrected chi connectivity index (χ1v) is 14.4. The largest absolute Gasteiger partial charge is 0.493 e. The molecule has 15 heteroatoms. The molecule has 4 rings (SSSR count). The number of carbonyl (C=O) groups is 1. The van der Waals surface area contributed by atoms with Crippen LogP contribution in [0.5, 0.6) is 23.1 Å². The van der Waals surface area contributed by atoms with Crippen molar-refractivity contribution >= 4 is 30.8 Å². The molecule has 0 bridgehead atoms. The Kier molecular flexibility index (Phi) is 9.05. The zero-order valence-corrected chi connectivity index (χ0v) is 24.6. The maximum absolute atomic E-state index is 14.4. The third kappa shape index (κ3) is 6.24. The number of nitrogens with two attached hydrogens (primary N) is 1. The van der Waals surface area contributed by atoms with Gasteiger partial charge in [-0.05, 0) is 39.3 Å². The molecule has 222 valence electrons. The Balaban J connectivity index is 1.58. The van der Waals surface area contributed by atoms with Gasteiger partial charge in [-0.3, -0.25) is 9.32 Å². The minimum Gasteiger partial charge on any atom is -0.493 e. The summed E-state index contributed by atoms with van der Waals surface area (Å²) >= 11 is 0. The molecule has 0 saturated heterocycles. The van der Waals surface area contributed by atoms with Crippen molar-refractivity contribution in [2.45, 2.75) is 45.3 Å². The highest BCUT2D eigenvalue weighted by atomic mass is 31.2. The van der Waals surface area contributed by atoms with Crippen molar-refractivity contribution in [3.8, 4) is 23.1 Å². The molecule has 2 heterocycles. The van der Waals surface area contributed by atoms with Crippen LogP contribution in [0.1, 0.15) is 33.2 Å². The van der Waals surface area contributed by atoms with E-state index in [4.69, 9.17) is 29.0 Å². The molecule has 1 aliphatic carbocycles. The predicted octanol–water partition coefficient (Wildman–Crippen LogP) is 3.94. The molecular weight excluding hydrogens is 555 g/mol. The first-order valence-electron chi connectivity index (χ1n) is 12.9. The molecule has 0 saturated carbocycles. The molecule has 0 radical (unpaired) electrons. The van der Waals surface area contributed by atoms with Crippen molar-refractivity contribution < 1.29 is 37.7 Å². The van der Waals surface area contributed by atoms with Crippen LogP contribution in [0.15, 0.2) is 36.7 Å². The molecule has 0 aliphatic heterocycles. The van der Waals surface area contributed by atoms with Gasteiger partial charge < -0.3 is 34.1 Å². The van der Waals surface area contributed by atoms with Crippen molar-refractivity contribution in [3.63, 3.8) is 0 Å². The van der Waals surface area contributed by atoms with Crippen LogP contribution >= 0.6 is 7.75 Å². The molecule has 1 aromatic carbocycles. The second-order valence-electron chi connectivity index (χ2n) is 9.72. The number of nitrogens with zero attached hydrogens (tertiary/aromatic N) is 5. The summed E-state index contributed by atoms with van der Waals surface area (Å²) < 4.78 is 45.4. The van der Waals surface area contributed by atoms with E-state index in [-0.39, 0.29) is 36.1 Å². The summed E-state index contributed by atoms with van der Waals surface area (Å²) in [7, 11) is 0.233. The third-order valence-corrected chi connectivity index (χ3v) is 8.99. The first-order chi connectivity index (χ1) is 19.5. The summed E-state index contributed by atoms with van der Waals surface area (Å²) in [6, 6.07) is 2.87. The lowest BCUT2D eigenvalue weighted by Crippen LogP contribution is -2.42. The Labute approximate surface area is 237 Å². The summed E-state index contributed by atoms with van der Waals surface area (Å²) in [5.74, 6) is -0.0125. The Morgan fingerprint density at radius 2 is 1.88 bits per heavy atom. The highest BCUT2D eigenvalue weighted by Crippen LogP contribution is 2.55. The van der Waals surface area contributed by atoms with Gasteiger partial charge in [-0.2, -0.15) is 14.6 Å². The highest BCUT2D eigenvalue weighted by molar-refractivity contribution is 7.51. The number of imidazole rings is 1. The quantitative estimate of drug-likeness (QED) is 0.217. The van der Waals surface area contributed by atoms with E-state index in [0.717, 1.165) is 0 Å². The molecule has 1 unspecified atom stereocenters. The van der Waals surface area contributed by atoms with Gasteiger partial charge in [-0.1, -0.05) is 12.2 Å². The van der Waals surface area contributed by atoms with Crippen molar-refractivity contribution in [1.82, 2.24) is 24.2 Å². The van der Waals surface area contributed by atoms with Crippen LogP contribution < -0.4 is 24.5 Å². The lowest BCUT2D eigenvalue weighted by atomic mass is 10.1. The van der Waals surface area contributed by atoms with Crippen LogP contribution in [0.25, 0.3) is 11.2 Å². The lowest BCUT2D eigenvalue weighted by molar-refractivity contribution is -0.141. The number of carboxylic acids is 1. The van der Waals surface area contributed by atoms with Gasteiger partial charge in [0.1, 0.15) is 11.8 Å². The fourth-order valence-corrected chi connectivity index (χ4v) is 6.90. The van der Waals surface area contributed by atoms with Gasteiger partial charge in [-0.25, -0.2) is 9.55 Å². The molecular formula is C26H35N6O8P. The van der Waals surface area contributed by atoms with Crippen molar-refractivity contribution in [2.24, 2.45) is 5.92 Å². The molecule has 1 aliphatic rings. The number of nitrogen functional groups attached to an aromatic ring is 1. The van der Waals surface area contributed by atoms with E-state index >= 15 is 0 Å². The van der Waals surface area contributed by atoms with Crippen molar-refractivity contribution in [1.29, 1.82) is 0 Å². The molecule has 0 spiro atoms. The average molecular weight is 591 g/mol. The minimum absolute atomic E-state index is 0.000199. The van der Waals surface area contributed by atoms with E-state index < -0.39 is 25.8 Å². The van der Waals surface area contributed by atoms with E-state index in [1.165, 1.54) is 39.0 Å². The van der Waals surface area contributed by atoms with Crippen LogP contribution in [0, 0.1) is 5.92 Å². The topological polar surface area (TPSA) is 173 Å². The smallest absolute Gasteiger partial charge is 0.462 e. The van der Waals surface area contributed by atoms with E-state index in [1.54, 1.807) is 32.3 Å². The maximum Gasteiger partial charge on any atom is 0.462 e. The summed E-state index contributed by atoms with van der Waals surface area (Å²) in [6.45, 7) is 4.89. The number of rotatable bonds is 13. The summed E-state index contributed by atoms with van der Waals surface area (Å²) in [6.07, 6.45) is 6.13. The molecule has 2 aromatic heterocycles. The summed E-state index contributed by atoms with van der Waals surface area (Å²) in [5.41, 5.74) is 6.86. The Bertz CT molecular complexity index is 1480. The number of benzene rings is 1. The SMILES string of the molecule is COc1ccc(OP(=O)(OC[C@@H]2C=C[C@H](n3cnc4c(OC)nc(N)nc43)C2)N(C(C)C)[C@@H](C)C(=O)O)cc1OC. The van der Waals surface area contributed by atoms with Gasteiger partial charge in [0.2, 0.25) is 11.8 Å². The molecule has 3 aromatic rings. The minimum atomic E-state index is -4.21. The number of carboxylic acid groups (broad SMARTS) is 1. The molecule has 4 atom stereocenters. The van der Waals surface area contributed by atoms with Gasteiger partial charge in [0.05, 0.1) is 40.3 Å². The van der Waals surface area contributed by atoms with E-state index in [2.05, 4.69) is 15.0 Å². The van der Waals surface area contributed by atoms with Crippen molar-refractivity contribution in [2.75, 3.05) is 33.7 Å². The first kappa shape index (κ1) is 30.1. The van der Waals surface area contributed by atoms with Gasteiger partial charge in [0, 0.05) is 18.0 Å². The molecule has 3 N–H and O–H groups in total. The van der Waals surface area contributed by atoms with Gasteiger partial charge >= 0.3 is 13.7 Å². The monoisotopic (exact) mass is 590 g/mol. The second-order valence-corrected chi connectivity index (χ2v) is 11.6. The number of allylic oxidation sites excluding steroid dienone is 1. The van der Waals surface area contributed by atoms with Crippen LogP contribution in [-0.2, 0) is 13.9 Å². The zero-order chi connectivity index (χ0) is 29.9. The number of hydrogen-bond donors (Lipinski definition) is 2. The fraction of sp³-hybridized carbons (Fsp3) is 0.462. The van der Waals surface area contributed by atoms with Gasteiger partial charge in [-0.15, -0.1) is 0 Å².